The van der Waals surface area contributed by atoms with E-state index in [2.05, 4.69) is 24.5 Å². The fourth-order valence-electron chi connectivity index (χ4n) is 3.63. The Kier molecular flexibility index (Phi) is 19.6. The lowest BCUT2D eigenvalue weighted by Crippen LogP contribution is -2.18. The van der Waals surface area contributed by atoms with Gasteiger partial charge in [-0.1, -0.05) is 65.2 Å². The fraction of sp³-hybridized carbons (Fsp3) is 0.552. The summed E-state index contributed by atoms with van der Waals surface area (Å²) in [6, 6.07) is 15.3. The molecule has 0 aromatic heterocycles. The average Bonchev–Trinajstić information content (AvgIpc) is 2.86. The van der Waals surface area contributed by atoms with Crippen LogP contribution in [0, 0.1) is 0 Å². The molecule has 0 heterocycles. The Balaban J connectivity index is 0.000000405. The highest BCUT2D eigenvalue weighted by Gasteiger charge is 2.01. The molecule has 2 N–H and O–H groups in total. The summed E-state index contributed by atoms with van der Waals surface area (Å²) in [5, 5.41) is 6.80. The highest BCUT2D eigenvalue weighted by atomic mass is 32.1. The third-order valence-corrected chi connectivity index (χ3v) is 7.76. The van der Waals surface area contributed by atoms with E-state index < -0.39 is 0 Å². The van der Waals surface area contributed by atoms with Gasteiger partial charge in [-0.25, -0.2) is 0 Å². The summed E-state index contributed by atoms with van der Waals surface area (Å²) in [6.45, 7) is 9.83. The molecule has 0 aliphatic rings. The van der Waals surface area contributed by atoms with Crippen LogP contribution in [0.15, 0.2) is 48.5 Å². The van der Waals surface area contributed by atoms with Gasteiger partial charge in [0.25, 0.3) is 0 Å². The van der Waals surface area contributed by atoms with Crippen LogP contribution in [0.5, 0.6) is 11.5 Å². The van der Waals surface area contributed by atoms with Gasteiger partial charge in [0.2, 0.25) is 0 Å². The number of anilines is 2. The summed E-state index contributed by atoms with van der Waals surface area (Å²) in [7, 11) is 0. The van der Waals surface area contributed by atoms with Gasteiger partial charge < -0.3 is 20.1 Å². The van der Waals surface area contributed by atoms with Gasteiger partial charge in [0.15, 0.2) is 5.11 Å². The normalized spacial score (nSPS) is 9.94. The van der Waals surface area contributed by atoms with Crippen molar-refractivity contribution in [2.45, 2.75) is 88.2 Å². The van der Waals surface area contributed by atoms with Crippen LogP contribution in [-0.2, 0) is 0 Å². The summed E-state index contributed by atoms with van der Waals surface area (Å²) in [4.78, 5) is 0. The predicted molar refractivity (Wildman–Crippen MR) is 159 cm³/mol. The summed E-state index contributed by atoms with van der Waals surface area (Å²) < 4.78 is 14.0. The second-order valence-electron chi connectivity index (χ2n) is 8.68. The second kappa shape index (κ2) is 21.8. The molecule has 0 saturated carbocycles. The molecule has 192 valence electrons. The first kappa shape index (κ1) is 31.5. The Morgan fingerprint density at radius 2 is 1.06 bits per heavy atom. The van der Waals surface area contributed by atoms with Crippen LogP contribution in [0.1, 0.15) is 79.1 Å². The van der Waals surface area contributed by atoms with Gasteiger partial charge in [-0.2, -0.15) is 0 Å². The molecular weight excluding hydrogens is 465 g/mol. The van der Waals surface area contributed by atoms with Crippen LogP contribution >= 0.6 is 12.2 Å². The maximum Gasteiger partial charge on any atom is 0.364 e. The molecule has 0 saturated heterocycles. The monoisotopic (exact) mass is 510 g/mol. The summed E-state index contributed by atoms with van der Waals surface area (Å²) in [5.41, 5.74) is 1.82. The maximum atomic E-state index is 5.40. The van der Waals surface area contributed by atoms with Gasteiger partial charge in [-0.3, -0.25) is 0 Å². The van der Waals surface area contributed by atoms with Crippen molar-refractivity contribution in [2.75, 3.05) is 23.8 Å². The molecule has 2 aromatic rings. The summed E-state index contributed by atoms with van der Waals surface area (Å²) in [5.74, 6) is 1.69. The van der Waals surface area contributed by atoms with E-state index in [-0.39, 0.29) is 0 Å². The number of hydrogen-bond acceptors (Lipinski definition) is 3. The second-order valence-corrected chi connectivity index (χ2v) is 11.2. The van der Waals surface area contributed by atoms with Gasteiger partial charge in [-0.05, 0) is 74.6 Å². The van der Waals surface area contributed by atoms with E-state index in [1.807, 2.05) is 62.4 Å². The van der Waals surface area contributed by atoms with E-state index >= 15 is 0 Å². The number of unbranched alkanes of at least 4 members (excludes halogenated alkanes) is 6. The zero-order chi connectivity index (χ0) is 25.6. The SMILES string of the molecule is CCCCCCC[CH2][Mg][CH2]CCC.CCOc1ccc(NC(=S)Nc2ccc(OCC)cc2)cc1. The van der Waals surface area contributed by atoms with Gasteiger partial charge in [0.1, 0.15) is 11.5 Å². The van der Waals surface area contributed by atoms with E-state index in [1.165, 1.54) is 44.9 Å². The van der Waals surface area contributed by atoms with Gasteiger partial charge >= 0.3 is 20.4 Å². The van der Waals surface area contributed by atoms with Crippen LogP contribution in [0.3, 0.4) is 0 Å². The van der Waals surface area contributed by atoms with E-state index in [0.717, 1.165) is 22.9 Å². The largest absolute Gasteiger partial charge is 0.494 e. The molecule has 0 atom stereocenters. The molecule has 0 spiro atoms. The molecule has 2 aromatic carbocycles. The topological polar surface area (TPSA) is 42.5 Å². The van der Waals surface area contributed by atoms with Crippen molar-refractivity contribution in [1.29, 1.82) is 0 Å². The first-order chi connectivity index (χ1) is 17.1. The van der Waals surface area contributed by atoms with Crippen LogP contribution in [0.25, 0.3) is 0 Å². The molecule has 35 heavy (non-hydrogen) atoms. The van der Waals surface area contributed by atoms with E-state index in [1.54, 1.807) is 15.5 Å². The number of rotatable bonds is 16. The van der Waals surface area contributed by atoms with Crippen LogP contribution in [0.2, 0.25) is 9.10 Å². The molecule has 0 amide bonds. The number of ether oxygens (including phenoxy) is 2. The third kappa shape index (κ3) is 16.7. The lowest BCUT2D eigenvalue weighted by Gasteiger charge is -2.12. The Labute approximate surface area is 229 Å². The number of thiocarbonyl (C=S) groups is 1. The minimum absolute atomic E-state index is 0.361. The first-order valence-electron chi connectivity index (χ1n) is 13.7. The third-order valence-electron chi connectivity index (χ3n) is 5.55. The van der Waals surface area contributed by atoms with E-state index in [4.69, 9.17) is 21.7 Å². The summed E-state index contributed by atoms with van der Waals surface area (Å²) >= 11 is 5.66. The Morgan fingerprint density at radius 1 is 0.629 bits per heavy atom. The van der Waals surface area contributed by atoms with Crippen molar-refractivity contribution in [2.24, 2.45) is 0 Å². The molecule has 0 fully saturated rings. The van der Waals surface area contributed by atoms with Crippen LogP contribution < -0.4 is 20.1 Å². The minimum atomic E-state index is 0.361. The smallest absolute Gasteiger partial charge is 0.364 e. The van der Waals surface area contributed by atoms with Gasteiger partial charge in [-0.15, -0.1) is 9.10 Å². The lowest BCUT2D eigenvalue weighted by atomic mass is 10.1. The minimum Gasteiger partial charge on any atom is -0.494 e. The lowest BCUT2D eigenvalue weighted by molar-refractivity contribution is 0.340. The van der Waals surface area contributed by atoms with Crippen LogP contribution in [0.4, 0.5) is 11.4 Å². The maximum absolute atomic E-state index is 5.40. The molecule has 4 nitrogen and oxygen atoms in total. The predicted octanol–water partition coefficient (Wildman–Crippen LogP) is 8.98. The molecule has 6 heteroatoms. The zero-order valence-electron chi connectivity index (χ0n) is 22.5. The van der Waals surface area contributed by atoms with Crippen molar-refractivity contribution in [3.8, 4) is 11.5 Å². The standard InChI is InChI=1S/C17H20N2O2S.C8H17.C4H9.Mg/c1-3-20-15-9-5-13(6-10-15)18-17(22)19-14-7-11-16(12-8-14)21-4-2;1-3-5-7-8-6-4-2;1-3-4-2;/h5-12H,3-4H2,1-2H3,(H2,18,19,22);1,3-8H2,2H3;1,3-4H2,2H3;. The zero-order valence-corrected chi connectivity index (χ0v) is 24.8. The van der Waals surface area contributed by atoms with E-state index in [0.29, 0.717) is 38.7 Å². The number of nitrogens with one attached hydrogen (secondary N) is 2. The fourth-order valence-corrected chi connectivity index (χ4v) is 5.78. The molecule has 0 aliphatic heterocycles. The number of hydrogen-bond donors (Lipinski definition) is 2. The Bertz CT molecular complexity index is 706. The van der Waals surface area contributed by atoms with Gasteiger partial charge in [0, 0.05) is 11.4 Å². The quantitative estimate of drug-likeness (QED) is 0.134. The number of benzene rings is 2. The van der Waals surface area contributed by atoms with Crippen LogP contribution in [-0.4, -0.2) is 38.7 Å². The molecular formula is C29H46MgN2O2S. The highest BCUT2D eigenvalue weighted by molar-refractivity contribution is 7.80. The molecule has 0 radical (unpaired) electrons. The molecule has 0 aliphatic carbocycles. The van der Waals surface area contributed by atoms with Gasteiger partial charge in [0.05, 0.1) is 13.2 Å². The summed E-state index contributed by atoms with van der Waals surface area (Å²) in [6.07, 6.45) is 11.8. The van der Waals surface area contributed by atoms with Crippen molar-refractivity contribution in [3.05, 3.63) is 48.5 Å². The molecule has 0 unspecified atom stereocenters. The van der Waals surface area contributed by atoms with Crippen molar-refractivity contribution >= 4 is 49.1 Å². The van der Waals surface area contributed by atoms with Crippen molar-refractivity contribution in [3.63, 3.8) is 0 Å². The van der Waals surface area contributed by atoms with Crippen molar-refractivity contribution in [1.82, 2.24) is 0 Å². The van der Waals surface area contributed by atoms with Crippen molar-refractivity contribution < 1.29 is 9.47 Å². The Morgan fingerprint density at radius 3 is 1.51 bits per heavy atom. The average molecular weight is 511 g/mol. The molecule has 0 bridgehead atoms. The molecule has 2 rings (SSSR count). The highest BCUT2D eigenvalue weighted by Crippen LogP contribution is 2.18. The van der Waals surface area contributed by atoms with E-state index in [9.17, 15) is 0 Å². The Hall–Kier alpha value is -1.50. The first-order valence-corrected chi connectivity index (χ1v) is 16.1.